The Labute approximate surface area is 107 Å². The largest absolute Gasteiger partial charge is 0.488 e. The number of ether oxygens (including phenoxy) is 2. The van der Waals surface area contributed by atoms with Gasteiger partial charge < -0.3 is 15.2 Å². The van der Waals surface area contributed by atoms with Gasteiger partial charge in [0.1, 0.15) is 23.8 Å². The Morgan fingerprint density at radius 2 is 2.22 bits per heavy atom. The Hall–Kier alpha value is -1.13. The van der Waals surface area contributed by atoms with Gasteiger partial charge in [-0.2, -0.15) is 0 Å². The lowest BCUT2D eigenvalue weighted by Gasteiger charge is -2.41. The molecule has 3 nitrogen and oxygen atoms in total. The molecule has 3 unspecified atom stereocenters. The van der Waals surface area contributed by atoms with Gasteiger partial charge in [-0.05, 0) is 37.1 Å². The zero-order valence-corrected chi connectivity index (χ0v) is 10.9. The zero-order valence-electron chi connectivity index (χ0n) is 10.9. The highest BCUT2D eigenvalue weighted by Gasteiger charge is 2.41. The second-order valence-electron chi connectivity index (χ2n) is 4.80. The molecular weight excluding hydrogens is 233 g/mol. The number of halogens is 1. The number of aryl methyl sites for hydroxylation is 1. The molecule has 0 heterocycles. The zero-order chi connectivity index (χ0) is 13.1. The van der Waals surface area contributed by atoms with Crippen LogP contribution in [0.15, 0.2) is 18.2 Å². The topological polar surface area (TPSA) is 44.5 Å². The molecular formula is C14H20FNO2. The van der Waals surface area contributed by atoms with E-state index in [2.05, 4.69) is 6.92 Å². The third-order valence-corrected chi connectivity index (χ3v) is 3.22. The van der Waals surface area contributed by atoms with Crippen LogP contribution in [0.2, 0.25) is 0 Å². The lowest BCUT2D eigenvalue weighted by atomic mass is 9.86. The summed E-state index contributed by atoms with van der Waals surface area (Å²) >= 11 is 0. The standard InChI is InChI=1S/C14H20FNO2/c1-3-6-17-14-12(16)8-13(14)18-10-4-5-11(15)9(2)7-10/h4-5,7,12-14H,3,6,8,16H2,1-2H3. The molecule has 1 aromatic rings. The van der Waals surface area contributed by atoms with Gasteiger partial charge in [0, 0.05) is 19.1 Å². The quantitative estimate of drug-likeness (QED) is 0.876. The van der Waals surface area contributed by atoms with Crippen LogP contribution in [0.5, 0.6) is 5.75 Å². The van der Waals surface area contributed by atoms with Crippen molar-refractivity contribution < 1.29 is 13.9 Å². The molecule has 2 rings (SSSR count). The van der Waals surface area contributed by atoms with E-state index < -0.39 is 0 Å². The van der Waals surface area contributed by atoms with Gasteiger partial charge in [-0.3, -0.25) is 0 Å². The summed E-state index contributed by atoms with van der Waals surface area (Å²) in [5, 5.41) is 0. The Bertz CT molecular complexity index is 411. The average molecular weight is 253 g/mol. The average Bonchev–Trinajstić information content (AvgIpc) is 2.33. The van der Waals surface area contributed by atoms with E-state index in [1.807, 2.05) is 0 Å². The first-order chi connectivity index (χ1) is 8.61. The van der Waals surface area contributed by atoms with Crippen LogP contribution in [-0.2, 0) is 4.74 Å². The third-order valence-electron chi connectivity index (χ3n) is 3.22. The van der Waals surface area contributed by atoms with E-state index in [-0.39, 0.29) is 24.1 Å². The van der Waals surface area contributed by atoms with Crippen LogP contribution in [0.25, 0.3) is 0 Å². The fourth-order valence-corrected chi connectivity index (χ4v) is 2.08. The summed E-state index contributed by atoms with van der Waals surface area (Å²) in [4.78, 5) is 0. The van der Waals surface area contributed by atoms with Gasteiger partial charge in [0.2, 0.25) is 0 Å². The summed E-state index contributed by atoms with van der Waals surface area (Å²) in [5.74, 6) is 0.461. The fourth-order valence-electron chi connectivity index (χ4n) is 2.08. The van der Waals surface area contributed by atoms with Crippen molar-refractivity contribution in [3.05, 3.63) is 29.6 Å². The molecule has 0 bridgehead atoms. The first-order valence-electron chi connectivity index (χ1n) is 6.41. The van der Waals surface area contributed by atoms with Gasteiger partial charge in [-0.1, -0.05) is 6.92 Å². The molecule has 0 amide bonds. The highest BCUT2D eigenvalue weighted by molar-refractivity contribution is 5.29. The number of hydrogen-bond acceptors (Lipinski definition) is 3. The highest BCUT2D eigenvalue weighted by Crippen LogP contribution is 2.28. The first kappa shape index (κ1) is 13.3. The molecule has 0 saturated heterocycles. The van der Waals surface area contributed by atoms with Crippen LogP contribution in [-0.4, -0.2) is 24.9 Å². The first-order valence-corrected chi connectivity index (χ1v) is 6.41. The molecule has 1 fully saturated rings. The normalized spacial score (nSPS) is 26.8. The number of benzene rings is 1. The maximum atomic E-state index is 13.1. The Morgan fingerprint density at radius 1 is 1.44 bits per heavy atom. The van der Waals surface area contributed by atoms with Crippen LogP contribution in [0.4, 0.5) is 4.39 Å². The third kappa shape index (κ3) is 2.82. The number of rotatable bonds is 5. The van der Waals surface area contributed by atoms with Gasteiger partial charge in [0.05, 0.1) is 0 Å². The molecule has 1 aliphatic rings. The van der Waals surface area contributed by atoms with Crippen LogP contribution in [0, 0.1) is 12.7 Å². The number of nitrogens with two attached hydrogens (primary N) is 1. The molecule has 1 saturated carbocycles. The van der Waals surface area contributed by atoms with Crippen LogP contribution < -0.4 is 10.5 Å². The predicted molar refractivity (Wildman–Crippen MR) is 68.2 cm³/mol. The molecule has 0 aliphatic heterocycles. The van der Waals surface area contributed by atoms with Gasteiger partial charge in [0.15, 0.2) is 0 Å². The minimum absolute atomic E-state index is 0.0172. The molecule has 0 spiro atoms. The fraction of sp³-hybridized carbons (Fsp3) is 0.571. The summed E-state index contributed by atoms with van der Waals surface area (Å²) in [6.07, 6.45) is 1.68. The van der Waals surface area contributed by atoms with E-state index in [4.69, 9.17) is 15.2 Å². The SMILES string of the molecule is CCCOC1C(N)CC1Oc1ccc(F)c(C)c1. The van der Waals surface area contributed by atoms with Crippen molar-refractivity contribution in [2.75, 3.05) is 6.61 Å². The summed E-state index contributed by atoms with van der Waals surface area (Å²) in [5.41, 5.74) is 6.48. The second kappa shape index (κ2) is 5.67. The maximum Gasteiger partial charge on any atom is 0.128 e. The molecule has 0 radical (unpaired) electrons. The minimum atomic E-state index is -0.216. The molecule has 3 atom stereocenters. The van der Waals surface area contributed by atoms with E-state index in [1.54, 1.807) is 19.1 Å². The van der Waals surface area contributed by atoms with Crippen molar-refractivity contribution in [2.24, 2.45) is 5.73 Å². The van der Waals surface area contributed by atoms with Gasteiger partial charge in [-0.25, -0.2) is 4.39 Å². The second-order valence-corrected chi connectivity index (χ2v) is 4.80. The molecule has 100 valence electrons. The summed E-state index contributed by atoms with van der Waals surface area (Å²) < 4.78 is 24.6. The van der Waals surface area contributed by atoms with E-state index in [0.29, 0.717) is 17.9 Å². The molecule has 2 N–H and O–H groups in total. The van der Waals surface area contributed by atoms with E-state index in [0.717, 1.165) is 12.8 Å². The summed E-state index contributed by atoms with van der Waals surface area (Å²) in [7, 11) is 0. The lowest BCUT2D eigenvalue weighted by molar-refractivity contribution is -0.0980. The van der Waals surface area contributed by atoms with Gasteiger partial charge in [-0.15, -0.1) is 0 Å². The van der Waals surface area contributed by atoms with Crippen molar-refractivity contribution in [1.82, 2.24) is 0 Å². The number of hydrogen-bond donors (Lipinski definition) is 1. The van der Waals surface area contributed by atoms with Crippen LogP contribution in [0.1, 0.15) is 25.3 Å². The highest BCUT2D eigenvalue weighted by atomic mass is 19.1. The Kier molecular flexibility index (Phi) is 4.19. The monoisotopic (exact) mass is 253 g/mol. The molecule has 1 aliphatic carbocycles. The smallest absolute Gasteiger partial charge is 0.128 e. The summed E-state index contributed by atoms with van der Waals surface area (Å²) in [6, 6.07) is 4.81. The van der Waals surface area contributed by atoms with Gasteiger partial charge >= 0.3 is 0 Å². The maximum absolute atomic E-state index is 13.1. The lowest BCUT2D eigenvalue weighted by Crippen LogP contribution is -2.59. The van der Waals surface area contributed by atoms with Crippen molar-refractivity contribution in [2.45, 2.75) is 44.9 Å². The van der Waals surface area contributed by atoms with Crippen LogP contribution in [0.3, 0.4) is 0 Å². The van der Waals surface area contributed by atoms with Crippen molar-refractivity contribution in [3.63, 3.8) is 0 Å². The van der Waals surface area contributed by atoms with Crippen molar-refractivity contribution in [1.29, 1.82) is 0 Å². The Balaban J connectivity index is 1.94. The molecule has 18 heavy (non-hydrogen) atoms. The predicted octanol–water partition coefficient (Wildman–Crippen LogP) is 2.41. The van der Waals surface area contributed by atoms with E-state index in [1.165, 1.54) is 6.07 Å². The van der Waals surface area contributed by atoms with Gasteiger partial charge in [0.25, 0.3) is 0 Å². The van der Waals surface area contributed by atoms with E-state index >= 15 is 0 Å². The van der Waals surface area contributed by atoms with Crippen molar-refractivity contribution in [3.8, 4) is 5.75 Å². The van der Waals surface area contributed by atoms with Crippen LogP contribution >= 0.6 is 0 Å². The van der Waals surface area contributed by atoms with Crippen molar-refractivity contribution >= 4 is 0 Å². The van der Waals surface area contributed by atoms with E-state index in [9.17, 15) is 4.39 Å². The molecule has 4 heteroatoms. The molecule has 1 aromatic carbocycles. The molecule has 0 aromatic heterocycles. The summed E-state index contributed by atoms with van der Waals surface area (Å²) in [6.45, 7) is 4.48. The Morgan fingerprint density at radius 3 is 2.83 bits per heavy atom. The minimum Gasteiger partial charge on any atom is -0.488 e.